The van der Waals surface area contributed by atoms with Gasteiger partial charge in [0.05, 0.1) is 6.10 Å². The molecule has 0 fully saturated rings. The maximum atomic E-state index is 11.7. The number of aliphatic hydroxyl groups is 1. The van der Waals surface area contributed by atoms with E-state index in [-0.39, 0.29) is 0 Å². The van der Waals surface area contributed by atoms with Crippen LogP contribution >= 0.6 is 0 Å². The molecule has 4 N–H and O–H groups in total. The van der Waals surface area contributed by atoms with Crippen LogP contribution < -0.4 is 11.1 Å². The van der Waals surface area contributed by atoms with Crippen molar-refractivity contribution < 1.29 is 14.6 Å². The lowest BCUT2D eigenvalue weighted by atomic mass is 10.0. The third-order valence-corrected chi connectivity index (χ3v) is 2.40. The van der Waals surface area contributed by atoms with Crippen LogP contribution in [0.5, 0.6) is 0 Å². The zero-order chi connectivity index (χ0) is 14.5. The monoisotopic (exact) mass is 266 g/mol. The van der Waals surface area contributed by atoms with Crippen molar-refractivity contribution in [3.8, 4) is 0 Å². The minimum Gasteiger partial charge on any atom is -0.444 e. The van der Waals surface area contributed by atoms with Gasteiger partial charge in [0.2, 0.25) is 0 Å². The average molecular weight is 266 g/mol. The fourth-order valence-corrected chi connectivity index (χ4v) is 1.63. The fraction of sp³-hybridized carbons (Fsp3) is 0.500. The maximum absolute atomic E-state index is 11.7. The van der Waals surface area contributed by atoms with Crippen LogP contribution in [0.3, 0.4) is 0 Å². The van der Waals surface area contributed by atoms with Gasteiger partial charge in [0.25, 0.3) is 0 Å². The van der Waals surface area contributed by atoms with Crippen molar-refractivity contribution in [2.75, 3.05) is 11.9 Å². The van der Waals surface area contributed by atoms with E-state index in [2.05, 4.69) is 5.32 Å². The van der Waals surface area contributed by atoms with Crippen LogP contribution in [0.1, 0.15) is 38.9 Å². The van der Waals surface area contributed by atoms with Gasteiger partial charge in [-0.3, -0.25) is 5.32 Å². The molecule has 1 amide bonds. The van der Waals surface area contributed by atoms with Gasteiger partial charge < -0.3 is 15.6 Å². The van der Waals surface area contributed by atoms with Crippen LogP contribution in [0.2, 0.25) is 0 Å². The van der Waals surface area contributed by atoms with Crippen molar-refractivity contribution >= 4 is 11.8 Å². The zero-order valence-corrected chi connectivity index (χ0v) is 11.6. The van der Waals surface area contributed by atoms with Gasteiger partial charge >= 0.3 is 6.09 Å². The molecule has 1 rings (SSSR count). The Morgan fingerprint density at radius 1 is 1.42 bits per heavy atom. The van der Waals surface area contributed by atoms with Gasteiger partial charge in [-0.2, -0.15) is 0 Å². The van der Waals surface area contributed by atoms with Crippen LogP contribution in [-0.4, -0.2) is 23.3 Å². The predicted molar refractivity (Wildman–Crippen MR) is 74.9 cm³/mol. The number of ether oxygens (including phenoxy) is 1. The summed E-state index contributed by atoms with van der Waals surface area (Å²) in [6, 6.07) is 7.06. The number of benzene rings is 1. The minimum absolute atomic E-state index is 0.377. The number of para-hydroxylation sites is 1. The van der Waals surface area contributed by atoms with Crippen molar-refractivity contribution in [3.63, 3.8) is 0 Å². The van der Waals surface area contributed by atoms with Crippen molar-refractivity contribution in [2.45, 2.75) is 38.9 Å². The lowest BCUT2D eigenvalue weighted by molar-refractivity contribution is 0.0635. The molecule has 0 radical (unpaired) electrons. The van der Waals surface area contributed by atoms with E-state index in [1.165, 1.54) is 0 Å². The second-order valence-electron chi connectivity index (χ2n) is 5.31. The van der Waals surface area contributed by atoms with Crippen LogP contribution in [-0.2, 0) is 4.74 Å². The van der Waals surface area contributed by atoms with E-state index in [4.69, 9.17) is 10.5 Å². The van der Waals surface area contributed by atoms with E-state index in [0.29, 0.717) is 24.2 Å². The standard InChI is InChI=1S/C14H22N2O3/c1-14(2,3)19-13(18)16-11-7-5-4-6-10(11)12(17)8-9-15/h4-7,12,17H,8-9,15H2,1-3H3,(H,16,18)/t12-/m0/s1. The first-order valence-corrected chi connectivity index (χ1v) is 6.30. The van der Waals surface area contributed by atoms with Crippen LogP contribution in [0.15, 0.2) is 24.3 Å². The van der Waals surface area contributed by atoms with Crippen LogP contribution in [0.25, 0.3) is 0 Å². The van der Waals surface area contributed by atoms with Gasteiger partial charge in [0.15, 0.2) is 0 Å². The first-order chi connectivity index (χ1) is 8.83. The molecule has 19 heavy (non-hydrogen) atoms. The molecule has 0 unspecified atom stereocenters. The van der Waals surface area contributed by atoms with Gasteiger partial charge in [0.1, 0.15) is 5.60 Å². The summed E-state index contributed by atoms with van der Waals surface area (Å²) in [6.45, 7) is 5.76. The van der Waals surface area contributed by atoms with Crippen LogP contribution in [0, 0.1) is 0 Å². The first-order valence-electron chi connectivity index (χ1n) is 6.30. The van der Waals surface area contributed by atoms with Gasteiger partial charge in [-0.1, -0.05) is 18.2 Å². The molecule has 0 saturated heterocycles. The first kappa shape index (κ1) is 15.5. The second kappa shape index (κ2) is 6.54. The fourth-order valence-electron chi connectivity index (χ4n) is 1.63. The Morgan fingerprint density at radius 3 is 2.63 bits per heavy atom. The Bertz CT molecular complexity index is 427. The molecule has 0 bridgehead atoms. The number of nitrogens with one attached hydrogen (secondary N) is 1. The smallest absolute Gasteiger partial charge is 0.412 e. The largest absolute Gasteiger partial charge is 0.444 e. The Kier molecular flexibility index (Phi) is 5.32. The molecule has 0 aliphatic rings. The third-order valence-electron chi connectivity index (χ3n) is 2.40. The molecule has 0 aliphatic heterocycles. The highest BCUT2D eigenvalue weighted by Crippen LogP contribution is 2.25. The van der Waals surface area contributed by atoms with E-state index in [9.17, 15) is 9.90 Å². The Balaban J connectivity index is 2.81. The number of carbonyl (C=O) groups is 1. The quantitative estimate of drug-likeness (QED) is 0.781. The lowest BCUT2D eigenvalue weighted by Gasteiger charge is -2.21. The van der Waals surface area contributed by atoms with Gasteiger partial charge in [0, 0.05) is 11.3 Å². The number of hydrogen-bond donors (Lipinski definition) is 3. The van der Waals surface area contributed by atoms with E-state index in [1.54, 1.807) is 45.0 Å². The summed E-state index contributed by atoms with van der Waals surface area (Å²) in [6.07, 6.45) is -0.802. The predicted octanol–water partition coefficient (Wildman–Crippen LogP) is 2.42. The number of rotatable bonds is 4. The molecule has 106 valence electrons. The SMILES string of the molecule is CC(C)(C)OC(=O)Nc1ccccc1[C@@H](O)CCN. The van der Waals surface area contributed by atoms with Crippen molar-refractivity contribution in [2.24, 2.45) is 5.73 Å². The molecule has 1 atom stereocenters. The summed E-state index contributed by atoms with van der Waals surface area (Å²) in [7, 11) is 0. The highest BCUT2D eigenvalue weighted by atomic mass is 16.6. The summed E-state index contributed by atoms with van der Waals surface area (Å²) in [5.74, 6) is 0. The Labute approximate surface area is 113 Å². The lowest BCUT2D eigenvalue weighted by Crippen LogP contribution is -2.27. The molecule has 5 nitrogen and oxygen atoms in total. The number of hydrogen-bond acceptors (Lipinski definition) is 4. The minimum atomic E-state index is -0.698. The molecule has 1 aromatic rings. The van der Waals surface area contributed by atoms with Crippen molar-refractivity contribution in [1.82, 2.24) is 0 Å². The van der Waals surface area contributed by atoms with Crippen LogP contribution in [0.4, 0.5) is 10.5 Å². The third kappa shape index (κ3) is 5.28. The molecule has 1 aromatic carbocycles. The van der Waals surface area contributed by atoms with Crippen molar-refractivity contribution in [3.05, 3.63) is 29.8 Å². The van der Waals surface area contributed by atoms with E-state index in [1.807, 2.05) is 0 Å². The number of amides is 1. The Hall–Kier alpha value is -1.59. The maximum Gasteiger partial charge on any atom is 0.412 e. The van der Waals surface area contributed by atoms with E-state index < -0.39 is 17.8 Å². The molecule has 0 aromatic heterocycles. The average Bonchev–Trinajstić information content (AvgIpc) is 2.27. The number of anilines is 1. The topological polar surface area (TPSA) is 84.6 Å². The van der Waals surface area contributed by atoms with E-state index >= 15 is 0 Å². The van der Waals surface area contributed by atoms with E-state index in [0.717, 1.165) is 0 Å². The Morgan fingerprint density at radius 2 is 2.05 bits per heavy atom. The zero-order valence-electron chi connectivity index (χ0n) is 11.6. The number of carbonyl (C=O) groups excluding carboxylic acids is 1. The summed E-state index contributed by atoms with van der Waals surface area (Å²) < 4.78 is 5.18. The van der Waals surface area contributed by atoms with Gasteiger partial charge in [-0.15, -0.1) is 0 Å². The molecule has 0 spiro atoms. The van der Waals surface area contributed by atoms with Gasteiger partial charge in [-0.25, -0.2) is 4.79 Å². The summed E-state index contributed by atoms with van der Waals surface area (Å²) in [4.78, 5) is 11.7. The van der Waals surface area contributed by atoms with Gasteiger partial charge in [-0.05, 0) is 39.8 Å². The molecular formula is C14H22N2O3. The molecular weight excluding hydrogens is 244 g/mol. The number of aliphatic hydroxyl groups excluding tert-OH is 1. The highest BCUT2D eigenvalue weighted by Gasteiger charge is 2.18. The summed E-state index contributed by atoms with van der Waals surface area (Å²) >= 11 is 0. The molecule has 0 aliphatic carbocycles. The summed E-state index contributed by atoms with van der Waals surface area (Å²) in [5.41, 5.74) is 6.05. The molecule has 5 heteroatoms. The highest BCUT2D eigenvalue weighted by molar-refractivity contribution is 5.86. The second-order valence-corrected chi connectivity index (χ2v) is 5.31. The molecule has 0 saturated carbocycles. The molecule has 0 heterocycles. The normalized spacial score (nSPS) is 12.9. The summed E-state index contributed by atoms with van der Waals surface area (Å²) in [5, 5.41) is 12.6. The van der Waals surface area contributed by atoms with Crippen molar-refractivity contribution in [1.29, 1.82) is 0 Å². The number of nitrogens with two attached hydrogens (primary N) is 1.